The van der Waals surface area contributed by atoms with E-state index in [9.17, 15) is 24.0 Å². The van der Waals surface area contributed by atoms with Crippen LogP contribution < -0.4 is 16.0 Å². The lowest BCUT2D eigenvalue weighted by Gasteiger charge is -2.29. The van der Waals surface area contributed by atoms with E-state index in [2.05, 4.69) is 26.3 Å². The molecule has 1 saturated carbocycles. The molecule has 1 aromatic heterocycles. The van der Waals surface area contributed by atoms with Crippen LogP contribution in [0.3, 0.4) is 0 Å². The molecule has 1 heterocycles. The number of hydrogen-bond acceptors (Lipinski definition) is 10. The molecule has 3 aromatic carbocycles. The molecule has 3 N–H and O–H groups in total. The number of ether oxygens (including phenoxy) is 3. The number of methoxy groups -OCH3 is 1. The highest BCUT2D eigenvalue weighted by atomic mass is 16.6. The summed E-state index contributed by atoms with van der Waals surface area (Å²) in [4.78, 5) is 64.8. The summed E-state index contributed by atoms with van der Waals surface area (Å²) < 4.78 is 16.7. The molecular weight excluding hydrogens is 716 g/mol. The van der Waals surface area contributed by atoms with Crippen molar-refractivity contribution in [1.29, 1.82) is 0 Å². The van der Waals surface area contributed by atoms with Gasteiger partial charge in [-0.2, -0.15) is 0 Å². The Morgan fingerprint density at radius 3 is 2.16 bits per heavy atom. The molecule has 0 bridgehead atoms. The van der Waals surface area contributed by atoms with Gasteiger partial charge in [0.2, 0.25) is 11.8 Å². The molecule has 5 rings (SSSR count). The lowest BCUT2D eigenvalue weighted by atomic mass is 9.81. The predicted octanol–water partition coefficient (Wildman–Crippen LogP) is 6.97. The lowest BCUT2D eigenvalue weighted by molar-refractivity contribution is -0.130. The summed E-state index contributed by atoms with van der Waals surface area (Å²) >= 11 is 0. The van der Waals surface area contributed by atoms with Crippen LogP contribution in [0.25, 0.3) is 22.2 Å². The molecule has 298 valence electrons. The summed E-state index contributed by atoms with van der Waals surface area (Å²) in [5.74, 6) is -1.16. The number of nitrogens with zero attached hydrogens (tertiary/aromatic N) is 3. The molecule has 0 spiro atoms. The Kier molecular flexibility index (Phi) is 12.8. The molecule has 0 saturated heterocycles. The van der Waals surface area contributed by atoms with E-state index in [1.165, 1.54) is 7.11 Å². The van der Waals surface area contributed by atoms with Gasteiger partial charge in [0, 0.05) is 24.6 Å². The van der Waals surface area contributed by atoms with Gasteiger partial charge in [-0.25, -0.2) is 14.4 Å². The SMILES string of the molecule is COC(=O)c1ccc(-c2ccc(C[C@H](NC(=O)C3CCC(CNC(=O)OC(C)(C)C)CC3)C(=O)Nc3ccc4nnn(C(=O)OC(C)(C)C)c4c3)cc2)c(C)c1. The normalized spacial score (nSPS) is 16.4. The van der Waals surface area contributed by atoms with Crippen LogP contribution in [-0.2, 0) is 30.2 Å². The van der Waals surface area contributed by atoms with E-state index in [1.807, 2.05) is 58.0 Å². The fourth-order valence-electron chi connectivity index (χ4n) is 6.62. The number of alkyl carbamates (subject to hydrolysis) is 1. The lowest BCUT2D eigenvalue weighted by Crippen LogP contribution is -2.48. The van der Waals surface area contributed by atoms with Crippen LogP contribution in [0.5, 0.6) is 0 Å². The highest BCUT2D eigenvalue weighted by Gasteiger charge is 2.31. The van der Waals surface area contributed by atoms with Gasteiger partial charge in [0.25, 0.3) is 0 Å². The van der Waals surface area contributed by atoms with Crippen molar-refractivity contribution in [3.63, 3.8) is 0 Å². The molecule has 56 heavy (non-hydrogen) atoms. The first kappa shape index (κ1) is 41.4. The van der Waals surface area contributed by atoms with E-state index in [4.69, 9.17) is 14.2 Å². The Morgan fingerprint density at radius 1 is 0.857 bits per heavy atom. The zero-order valence-electron chi connectivity index (χ0n) is 33.4. The number of anilines is 1. The minimum atomic E-state index is -0.939. The Bertz CT molecular complexity index is 2070. The van der Waals surface area contributed by atoms with Gasteiger partial charge in [0.15, 0.2) is 0 Å². The molecule has 14 heteroatoms. The number of esters is 1. The van der Waals surface area contributed by atoms with E-state index in [1.54, 1.807) is 51.1 Å². The quantitative estimate of drug-likeness (QED) is 0.113. The smallest absolute Gasteiger partial charge is 0.437 e. The van der Waals surface area contributed by atoms with Crippen LogP contribution in [0.1, 0.15) is 88.7 Å². The van der Waals surface area contributed by atoms with Gasteiger partial charge in [-0.1, -0.05) is 35.5 Å². The molecule has 4 aromatic rings. The monoisotopic (exact) mass is 768 g/mol. The molecule has 0 unspecified atom stereocenters. The molecule has 3 amide bonds. The van der Waals surface area contributed by atoms with Crippen molar-refractivity contribution in [2.45, 2.75) is 97.8 Å². The third-order valence-electron chi connectivity index (χ3n) is 9.42. The highest BCUT2D eigenvalue weighted by molar-refractivity contribution is 5.99. The minimum absolute atomic E-state index is 0.201. The predicted molar refractivity (Wildman–Crippen MR) is 211 cm³/mol. The third kappa shape index (κ3) is 11.1. The second-order valence-corrected chi connectivity index (χ2v) is 16.3. The molecule has 0 radical (unpaired) electrons. The summed E-state index contributed by atoms with van der Waals surface area (Å²) in [5.41, 5.74) is 3.88. The third-order valence-corrected chi connectivity index (χ3v) is 9.42. The first-order valence-electron chi connectivity index (χ1n) is 18.8. The molecule has 14 nitrogen and oxygen atoms in total. The summed E-state index contributed by atoms with van der Waals surface area (Å²) in [6.07, 6.45) is 1.74. The highest BCUT2D eigenvalue weighted by Crippen LogP contribution is 2.30. The molecule has 1 aliphatic rings. The number of aromatic nitrogens is 3. The Hall–Kier alpha value is -5.79. The molecule has 1 atom stereocenters. The van der Waals surface area contributed by atoms with E-state index in [0.717, 1.165) is 39.8 Å². The van der Waals surface area contributed by atoms with Crippen LogP contribution in [0, 0.1) is 18.8 Å². The first-order valence-corrected chi connectivity index (χ1v) is 18.8. The molecule has 1 aliphatic carbocycles. The van der Waals surface area contributed by atoms with Gasteiger partial charge in [-0.15, -0.1) is 9.78 Å². The van der Waals surface area contributed by atoms with Crippen molar-refractivity contribution in [2.24, 2.45) is 11.8 Å². The Balaban J connectivity index is 1.31. The van der Waals surface area contributed by atoms with Gasteiger partial charge >= 0.3 is 18.2 Å². The van der Waals surface area contributed by atoms with Crippen molar-refractivity contribution in [3.8, 4) is 11.1 Å². The maximum atomic E-state index is 14.0. The van der Waals surface area contributed by atoms with Crippen molar-refractivity contribution >= 4 is 46.7 Å². The number of aryl methyl sites for hydroxylation is 1. The number of carbonyl (C=O) groups is 5. The average molecular weight is 769 g/mol. The van der Waals surface area contributed by atoms with Gasteiger partial charge in [0.1, 0.15) is 28.3 Å². The molecular formula is C42H52N6O8. The largest absolute Gasteiger partial charge is 0.465 e. The van der Waals surface area contributed by atoms with Crippen molar-refractivity contribution < 1.29 is 38.2 Å². The summed E-state index contributed by atoms with van der Waals surface area (Å²) in [6, 6.07) is 17.0. The number of amides is 3. The van der Waals surface area contributed by atoms with Gasteiger partial charge in [-0.05, 0) is 133 Å². The average Bonchev–Trinajstić information content (AvgIpc) is 3.56. The topological polar surface area (TPSA) is 180 Å². The number of nitrogens with one attached hydrogen (secondary N) is 3. The number of carbonyl (C=O) groups excluding carboxylic acids is 5. The van der Waals surface area contributed by atoms with Crippen LogP contribution >= 0.6 is 0 Å². The maximum Gasteiger partial charge on any atom is 0.437 e. The van der Waals surface area contributed by atoms with E-state index >= 15 is 0 Å². The Labute approximate surface area is 327 Å². The fraction of sp³-hybridized carbons (Fsp3) is 0.452. The maximum absolute atomic E-state index is 14.0. The van der Waals surface area contributed by atoms with Crippen molar-refractivity contribution in [1.82, 2.24) is 25.6 Å². The second-order valence-electron chi connectivity index (χ2n) is 16.3. The van der Waals surface area contributed by atoms with Crippen LogP contribution in [0.2, 0.25) is 0 Å². The van der Waals surface area contributed by atoms with Crippen LogP contribution in [0.4, 0.5) is 15.3 Å². The van der Waals surface area contributed by atoms with E-state index in [0.29, 0.717) is 41.7 Å². The van der Waals surface area contributed by atoms with Crippen LogP contribution in [-0.4, -0.2) is 75.9 Å². The van der Waals surface area contributed by atoms with Gasteiger partial charge in [0.05, 0.1) is 12.7 Å². The zero-order chi connectivity index (χ0) is 40.8. The minimum Gasteiger partial charge on any atom is -0.465 e. The summed E-state index contributed by atoms with van der Waals surface area (Å²) in [5, 5.41) is 16.8. The molecule has 1 fully saturated rings. The fourth-order valence-corrected chi connectivity index (χ4v) is 6.62. The van der Waals surface area contributed by atoms with Crippen molar-refractivity contribution in [2.75, 3.05) is 19.0 Å². The first-order chi connectivity index (χ1) is 26.4. The van der Waals surface area contributed by atoms with Gasteiger partial charge in [-0.3, -0.25) is 9.59 Å². The zero-order valence-corrected chi connectivity index (χ0v) is 33.4. The standard InChI is InChI=1S/C42H52N6O8/c1-25-21-30(38(51)54-8)17-19-32(25)28-13-9-26(10-14-28)22-34(45-36(49)29-15-11-27(12-16-29)24-43-39(52)55-41(2,3)4)37(50)44-31-18-20-33-35(23-31)48(47-46-33)40(53)56-42(5,6)7/h9-10,13-14,17-21,23,27,29,34H,11-12,15-16,22,24H2,1-8H3,(H,43,52)(H,44,50)(H,45,49)/t27?,29?,34-/m0/s1. The summed E-state index contributed by atoms with van der Waals surface area (Å²) in [7, 11) is 1.35. The van der Waals surface area contributed by atoms with Crippen molar-refractivity contribution in [3.05, 3.63) is 77.4 Å². The summed E-state index contributed by atoms with van der Waals surface area (Å²) in [6.45, 7) is 13.1. The van der Waals surface area contributed by atoms with Crippen LogP contribution in [0.15, 0.2) is 60.7 Å². The van der Waals surface area contributed by atoms with Gasteiger partial charge < -0.3 is 30.2 Å². The number of benzene rings is 3. The second kappa shape index (κ2) is 17.3. The molecule has 0 aliphatic heterocycles. The van der Waals surface area contributed by atoms with E-state index < -0.39 is 41.3 Å². The number of fused-ring (bicyclic) bond motifs is 1. The number of rotatable bonds is 10. The number of hydrogen-bond donors (Lipinski definition) is 3. The van der Waals surface area contributed by atoms with E-state index in [-0.39, 0.29) is 24.2 Å². The Morgan fingerprint density at radius 2 is 1.54 bits per heavy atom.